The highest BCUT2D eigenvalue weighted by molar-refractivity contribution is 8.02. The van der Waals surface area contributed by atoms with Crippen molar-refractivity contribution in [1.82, 2.24) is 9.55 Å². The van der Waals surface area contributed by atoms with Gasteiger partial charge in [-0.05, 0) is 5.41 Å². The van der Waals surface area contributed by atoms with Crippen LogP contribution >= 0.6 is 11.8 Å². The van der Waals surface area contributed by atoms with Crippen molar-refractivity contribution in [1.29, 1.82) is 0 Å². The largest absolute Gasteiger partial charge is 0.294 e. The third-order valence-corrected chi connectivity index (χ3v) is 4.01. The number of rotatable bonds is 5. The second kappa shape index (κ2) is 6.50. The van der Waals surface area contributed by atoms with Crippen LogP contribution in [0.4, 0.5) is 0 Å². The first-order chi connectivity index (χ1) is 10.8. The molecule has 1 aromatic heterocycles. The van der Waals surface area contributed by atoms with Gasteiger partial charge in [0.2, 0.25) is 0 Å². The van der Waals surface area contributed by atoms with Crippen molar-refractivity contribution in [3.63, 3.8) is 0 Å². The molecule has 0 aliphatic rings. The Morgan fingerprint density at radius 2 is 1.45 bits per heavy atom. The zero-order valence-corrected chi connectivity index (χ0v) is 13.0. The van der Waals surface area contributed by atoms with Crippen molar-refractivity contribution in [2.24, 2.45) is 0 Å². The molecule has 0 spiro atoms. The second-order valence-corrected chi connectivity index (χ2v) is 5.59. The van der Waals surface area contributed by atoms with Gasteiger partial charge in [0, 0.05) is 17.3 Å². The van der Waals surface area contributed by atoms with Crippen molar-refractivity contribution in [3.05, 3.63) is 79.2 Å². The predicted molar refractivity (Wildman–Crippen MR) is 95.5 cm³/mol. The third kappa shape index (κ3) is 2.63. The predicted octanol–water partition coefficient (Wildman–Crippen LogP) is 5.55. The van der Waals surface area contributed by atoms with Crippen LogP contribution in [0.25, 0.3) is 28.7 Å². The Balaban J connectivity index is 2.29. The first kappa shape index (κ1) is 14.4. The molecule has 0 fully saturated rings. The van der Waals surface area contributed by atoms with Gasteiger partial charge in [-0.3, -0.25) is 4.57 Å². The summed E-state index contributed by atoms with van der Waals surface area (Å²) in [5, 5.41) is 2.65. The minimum absolute atomic E-state index is 0.864. The van der Waals surface area contributed by atoms with Crippen molar-refractivity contribution >= 4 is 18.0 Å². The summed E-state index contributed by atoms with van der Waals surface area (Å²) < 4.78 is 2.02. The molecule has 0 aliphatic heterocycles. The second-order valence-electron chi connectivity index (χ2n) is 4.66. The molecule has 0 N–H and O–H groups in total. The van der Waals surface area contributed by atoms with E-state index in [4.69, 9.17) is 4.98 Å². The van der Waals surface area contributed by atoms with Gasteiger partial charge in [-0.25, -0.2) is 4.98 Å². The lowest BCUT2D eigenvalue weighted by molar-refractivity contribution is 0.954. The first-order valence-corrected chi connectivity index (χ1v) is 7.86. The molecule has 22 heavy (non-hydrogen) atoms. The Labute approximate surface area is 134 Å². The quantitative estimate of drug-likeness (QED) is 0.575. The van der Waals surface area contributed by atoms with E-state index in [2.05, 4.69) is 37.4 Å². The normalized spacial score (nSPS) is 10.4. The fraction of sp³-hybridized carbons (Fsp3) is 0. The zero-order valence-electron chi connectivity index (χ0n) is 12.1. The summed E-state index contributed by atoms with van der Waals surface area (Å²) in [4.78, 5) is 4.80. The fourth-order valence-corrected chi connectivity index (χ4v) is 2.98. The van der Waals surface area contributed by atoms with Gasteiger partial charge >= 0.3 is 0 Å². The van der Waals surface area contributed by atoms with Crippen LogP contribution in [-0.4, -0.2) is 9.55 Å². The Hall–Kier alpha value is -2.52. The molecule has 0 atom stereocenters. The summed E-state index contributed by atoms with van der Waals surface area (Å²) in [6.45, 7) is 7.73. The molecule has 2 aromatic carbocycles. The highest BCUT2D eigenvalue weighted by Crippen LogP contribution is 2.36. The van der Waals surface area contributed by atoms with Crippen LogP contribution in [0.15, 0.2) is 84.4 Å². The molecular weight excluding hydrogens is 288 g/mol. The molecule has 3 heteroatoms. The van der Waals surface area contributed by atoms with E-state index >= 15 is 0 Å². The number of thioether (sulfide) groups is 1. The zero-order chi connectivity index (χ0) is 15.4. The number of hydrogen-bond donors (Lipinski definition) is 0. The molecule has 0 amide bonds. The SMILES string of the molecule is C=CSc1nc(-c2ccccc2)c(-c2ccccc2)n1C=C. The van der Waals surface area contributed by atoms with Gasteiger partial charge in [0.1, 0.15) is 0 Å². The number of benzene rings is 2. The van der Waals surface area contributed by atoms with E-state index in [1.807, 2.05) is 41.0 Å². The maximum Gasteiger partial charge on any atom is 0.177 e. The lowest BCUT2D eigenvalue weighted by atomic mass is 10.0. The first-order valence-electron chi connectivity index (χ1n) is 6.98. The molecule has 0 saturated heterocycles. The molecule has 0 radical (unpaired) electrons. The Bertz CT molecular complexity index is 789. The molecule has 0 aliphatic carbocycles. The molecule has 2 nitrogen and oxygen atoms in total. The molecule has 0 bridgehead atoms. The number of imidazole rings is 1. The summed E-state index contributed by atoms with van der Waals surface area (Å²) in [5.41, 5.74) is 4.21. The van der Waals surface area contributed by atoms with Crippen LogP contribution < -0.4 is 0 Å². The molecule has 0 saturated carbocycles. The van der Waals surface area contributed by atoms with Crippen molar-refractivity contribution in [2.75, 3.05) is 0 Å². The summed E-state index contributed by atoms with van der Waals surface area (Å²) in [5.74, 6) is 0. The topological polar surface area (TPSA) is 17.8 Å². The van der Waals surface area contributed by atoms with Crippen LogP contribution in [0.2, 0.25) is 0 Å². The Morgan fingerprint density at radius 1 is 0.864 bits per heavy atom. The molecular formula is C19H16N2S. The maximum absolute atomic E-state index is 4.80. The Morgan fingerprint density at radius 3 is 2.00 bits per heavy atom. The lowest BCUT2D eigenvalue weighted by Gasteiger charge is -2.07. The van der Waals surface area contributed by atoms with Gasteiger partial charge in [0.05, 0.1) is 11.4 Å². The van der Waals surface area contributed by atoms with Gasteiger partial charge in [0.25, 0.3) is 0 Å². The van der Waals surface area contributed by atoms with Crippen LogP contribution in [0.1, 0.15) is 0 Å². The van der Waals surface area contributed by atoms with E-state index in [-0.39, 0.29) is 0 Å². The molecule has 108 valence electrons. The smallest absolute Gasteiger partial charge is 0.177 e. The van der Waals surface area contributed by atoms with E-state index in [1.165, 1.54) is 11.8 Å². The van der Waals surface area contributed by atoms with E-state index in [0.717, 1.165) is 27.7 Å². The van der Waals surface area contributed by atoms with Crippen LogP contribution in [-0.2, 0) is 0 Å². The molecule has 1 heterocycles. The number of nitrogens with zero attached hydrogens (tertiary/aromatic N) is 2. The standard InChI is InChI=1S/C19H16N2S/c1-3-21-18(16-13-9-6-10-14-16)17(20-19(21)22-4-2)15-11-7-5-8-12-15/h3-14H,1-2H2. The minimum Gasteiger partial charge on any atom is -0.294 e. The van der Waals surface area contributed by atoms with Crippen LogP contribution in [0.5, 0.6) is 0 Å². The highest BCUT2D eigenvalue weighted by atomic mass is 32.2. The maximum atomic E-state index is 4.80. The summed E-state index contributed by atoms with van der Waals surface area (Å²) >= 11 is 1.50. The van der Waals surface area contributed by atoms with Crippen LogP contribution in [0.3, 0.4) is 0 Å². The van der Waals surface area contributed by atoms with E-state index < -0.39 is 0 Å². The van der Waals surface area contributed by atoms with Crippen molar-refractivity contribution < 1.29 is 0 Å². The molecule has 3 aromatic rings. The molecule has 0 unspecified atom stereocenters. The summed E-state index contributed by atoms with van der Waals surface area (Å²) in [6, 6.07) is 20.5. The lowest BCUT2D eigenvalue weighted by Crippen LogP contribution is -1.92. The monoisotopic (exact) mass is 304 g/mol. The average Bonchev–Trinajstić information content (AvgIpc) is 2.95. The van der Waals surface area contributed by atoms with Gasteiger partial charge in [-0.15, -0.1) is 0 Å². The summed E-state index contributed by atoms with van der Waals surface area (Å²) in [7, 11) is 0. The highest BCUT2D eigenvalue weighted by Gasteiger charge is 2.18. The minimum atomic E-state index is 0.864. The number of hydrogen-bond acceptors (Lipinski definition) is 2. The summed E-state index contributed by atoms with van der Waals surface area (Å²) in [6.07, 6.45) is 1.80. The van der Waals surface area contributed by atoms with Gasteiger partial charge < -0.3 is 0 Å². The van der Waals surface area contributed by atoms with Gasteiger partial charge in [-0.1, -0.05) is 85.6 Å². The third-order valence-electron chi connectivity index (χ3n) is 3.34. The van der Waals surface area contributed by atoms with E-state index in [1.54, 1.807) is 11.6 Å². The fourth-order valence-electron chi connectivity index (χ4n) is 2.41. The molecule has 3 rings (SSSR count). The van der Waals surface area contributed by atoms with Gasteiger partial charge in [-0.2, -0.15) is 0 Å². The van der Waals surface area contributed by atoms with Gasteiger partial charge in [0.15, 0.2) is 5.16 Å². The number of aromatic nitrogens is 2. The van der Waals surface area contributed by atoms with Crippen LogP contribution in [0, 0.1) is 0 Å². The van der Waals surface area contributed by atoms with Crippen molar-refractivity contribution in [2.45, 2.75) is 5.16 Å². The van der Waals surface area contributed by atoms with E-state index in [0.29, 0.717) is 0 Å². The average molecular weight is 304 g/mol. The van der Waals surface area contributed by atoms with Crippen molar-refractivity contribution in [3.8, 4) is 22.5 Å². The Kier molecular flexibility index (Phi) is 4.26. The van der Waals surface area contributed by atoms with E-state index in [9.17, 15) is 0 Å².